The summed E-state index contributed by atoms with van der Waals surface area (Å²) in [6.07, 6.45) is 0.224. The molecule has 0 aliphatic carbocycles. The van der Waals surface area contributed by atoms with Gasteiger partial charge in [0.1, 0.15) is 0 Å². The van der Waals surface area contributed by atoms with E-state index in [0.717, 1.165) is 0 Å². The highest BCUT2D eigenvalue weighted by atomic mass is 19.3. The molecule has 2 aromatic rings. The molecule has 2 aromatic carbocycles. The van der Waals surface area contributed by atoms with Gasteiger partial charge >= 0.3 is 6.61 Å². The molecule has 26 heavy (non-hydrogen) atoms. The average molecular weight is 375 g/mol. The van der Waals surface area contributed by atoms with Crippen LogP contribution in [0.4, 0.5) is 22.0 Å². The lowest BCUT2D eigenvalue weighted by Gasteiger charge is -2.12. The molecule has 0 spiro atoms. The Morgan fingerprint density at radius 3 is 2.31 bits per heavy atom. The number of carbonyl (C=O) groups is 1. The first kappa shape index (κ1) is 19.5. The molecule has 0 saturated heterocycles. The van der Waals surface area contributed by atoms with Crippen LogP contribution in [0.1, 0.15) is 15.9 Å². The highest BCUT2D eigenvalue weighted by Gasteiger charge is 2.15. The van der Waals surface area contributed by atoms with Gasteiger partial charge in [-0.15, -0.1) is 0 Å². The van der Waals surface area contributed by atoms with Crippen molar-refractivity contribution in [2.45, 2.75) is 13.0 Å². The summed E-state index contributed by atoms with van der Waals surface area (Å²) in [5.41, 5.74) is 0.177. The summed E-state index contributed by atoms with van der Waals surface area (Å²) in [5, 5.41) is 2.40. The minimum absolute atomic E-state index is 0.0416. The summed E-state index contributed by atoms with van der Waals surface area (Å²) in [5.74, 6) is -5.45. The quantitative estimate of drug-likeness (QED) is 0.593. The van der Waals surface area contributed by atoms with Gasteiger partial charge in [-0.25, -0.2) is 13.2 Å². The molecule has 9 heteroatoms. The molecule has 0 aromatic heterocycles. The maximum absolute atomic E-state index is 13.1. The molecular weight excluding hydrogens is 361 g/mol. The fourth-order valence-corrected chi connectivity index (χ4v) is 2.17. The molecule has 0 bridgehead atoms. The van der Waals surface area contributed by atoms with Crippen molar-refractivity contribution in [2.75, 3.05) is 13.7 Å². The van der Waals surface area contributed by atoms with Crippen LogP contribution in [0.25, 0.3) is 0 Å². The van der Waals surface area contributed by atoms with Crippen LogP contribution in [0.2, 0.25) is 0 Å². The first-order valence-electron chi connectivity index (χ1n) is 7.36. The lowest BCUT2D eigenvalue weighted by Crippen LogP contribution is -2.26. The van der Waals surface area contributed by atoms with Crippen molar-refractivity contribution >= 4 is 5.91 Å². The van der Waals surface area contributed by atoms with E-state index in [2.05, 4.69) is 10.1 Å². The van der Waals surface area contributed by atoms with Crippen LogP contribution < -0.4 is 14.8 Å². The van der Waals surface area contributed by atoms with E-state index in [1.807, 2.05) is 0 Å². The Kier molecular flexibility index (Phi) is 6.37. The Bertz CT molecular complexity index is 775. The number of nitrogens with one attached hydrogen (secondary N) is 1. The average Bonchev–Trinajstić information content (AvgIpc) is 2.58. The van der Waals surface area contributed by atoms with Crippen molar-refractivity contribution in [1.29, 1.82) is 0 Å². The van der Waals surface area contributed by atoms with Crippen LogP contribution in [-0.2, 0) is 6.42 Å². The van der Waals surface area contributed by atoms with Crippen molar-refractivity contribution < 1.29 is 36.2 Å². The first-order chi connectivity index (χ1) is 12.3. The maximum Gasteiger partial charge on any atom is 0.387 e. The van der Waals surface area contributed by atoms with Crippen LogP contribution in [0.5, 0.6) is 11.5 Å². The summed E-state index contributed by atoms with van der Waals surface area (Å²) in [4.78, 5) is 11.9. The van der Waals surface area contributed by atoms with Crippen molar-refractivity contribution in [3.63, 3.8) is 0 Å². The van der Waals surface area contributed by atoms with Gasteiger partial charge in [0.15, 0.2) is 29.0 Å². The zero-order valence-corrected chi connectivity index (χ0v) is 13.5. The number of carbonyl (C=O) groups excluding carboxylic acids is 1. The van der Waals surface area contributed by atoms with Gasteiger partial charge in [0.05, 0.1) is 7.11 Å². The van der Waals surface area contributed by atoms with E-state index in [1.165, 1.54) is 19.2 Å². The third-order valence-electron chi connectivity index (χ3n) is 3.39. The minimum Gasteiger partial charge on any atom is -0.493 e. The number of halogens is 5. The molecule has 4 nitrogen and oxygen atoms in total. The molecule has 1 N–H and O–H groups in total. The predicted octanol–water partition coefficient (Wildman–Crippen LogP) is 3.69. The van der Waals surface area contributed by atoms with E-state index in [4.69, 9.17) is 4.74 Å². The van der Waals surface area contributed by atoms with Crippen molar-refractivity contribution in [3.05, 3.63) is 58.9 Å². The third-order valence-corrected chi connectivity index (χ3v) is 3.39. The molecule has 0 radical (unpaired) electrons. The fourth-order valence-electron chi connectivity index (χ4n) is 2.17. The molecule has 140 valence electrons. The van der Waals surface area contributed by atoms with Gasteiger partial charge in [-0.05, 0) is 36.2 Å². The number of rotatable bonds is 7. The van der Waals surface area contributed by atoms with Crippen LogP contribution in [0.15, 0.2) is 30.3 Å². The molecule has 0 fully saturated rings. The monoisotopic (exact) mass is 375 g/mol. The number of alkyl halides is 2. The molecule has 0 unspecified atom stereocenters. The van der Waals surface area contributed by atoms with Crippen LogP contribution >= 0.6 is 0 Å². The summed E-state index contributed by atoms with van der Waals surface area (Å²) in [6.45, 7) is -2.98. The number of amides is 1. The molecule has 2 rings (SSSR count). The van der Waals surface area contributed by atoms with Gasteiger partial charge < -0.3 is 14.8 Å². The van der Waals surface area contributed by atoms with E-state index in [0.29, 0.717) is 17.7 Å². The standard InChI is InChI=1S/C17H14F5NO3/c1-25-13-3-2-9(6-14(13)26-17(21)22)4-5-23-16(24)10-7-11(18)15(20)12(19)8-10/h2-3,6-8,17H,4-5H2,1H3,(H,23,24). The maximum atomic E-state index is 13.1. The summed E-state index contributed by atoms with van der Waals surface area (Å²) >= 11 is 0. The van der Waals surface area contributed by atoms with Crippen LogP contribution in [0, 0.1) is 17.5 Å². The van der Waals surface area contributed by atoms with Crippen molar-refractivity contribution in [1.82, 2.24) is 5.32 Å². The van der Waals surface area contributed by atoms with Gasteiger partial charge in [-0.1, -0.05) is 6.07 Å². The zero-order chi connectivity index (χ0) is 19.3. The molecule has 0 aliphatic rings. The molecule has 0 heterocycles. The van der Waals surface area contributed by atoms with Gasteiger partial charge in [-0.2, -0.15) is 8.78 Å². The van der Waals surface area contributed by atoms with E-state index in [-0.39, 0.29) is 30.0 Å². The van der Waals surface area contributed by atoms with E-state index >= 15 is 0 Å². The molecule has 0 atom stereocenters. The number of hydrogen-bond donors (Lipinski definition) is 1. The SMILES string of the molecule is COc1ccc(CCNC(=O)c2cc(F)c(F)c(F)c2)cc1OC(F)F. The first-order valence-corrected chi connectivity index (χ1v) is 7.36. The lowest BCUT2D eigenvalue weighted by atomic mass is 10.1. The molecule has 1 amide bonds. The Hall–Kier alpha value is -2.84. The summed E-state index contributed by atoms with van der Waals surface area (Å²) in [7, 11) is 1.30. The van der Waals surface area contributed by atoms with E-state index in [9.17, 15) is 26.7 Å². The van der Waals surface area contributed by atoms with Crippen molar-refractivity contribution in [2.24, 2.45) is 0 Å². The highest BCUT2D eigenvalue weighted by molar-refractivity contribution is 5.94. The summed E-state index contributed by atoms with van der Waals surface area (Å²) < 4.78 is 73.2. The smallest absolute Gasteiger partial charge is 0.387 e. The minimum atomic E-state index is -3.03. The van der Waals surface area contributed by atoms with Gasteiger partial charge in [-0.3, -0.25) is 4.79 Å². The van der Waals surface area contributed by atoms with Crippen molar-refractivity contribution in [3.8, 4) is 11.5 Å². The second-order valence-corrected chi connectivity index (χ2v) is 5.12. The molecule has 0 aliphatic heterocycles. The zero-order valence-electron chi connectivity index (χ0n) is 13.5. The number of ether oxygens (including phenoxy) is 2. The number of hydrogen-bond acceptors (Lipinski definition) is 3. The second kappa shape index (κ2) is 8.50. The lowest BCUT2D eigenvalue weighted by molar-refractivity contribution is -0.0512. The Morgan fingerprint density at radius 2 is 1.73 bits per heavy atom. The second-order valence-electron chi connectivity index (χ2n) is 5.12. The van der Waals surface area contributed by atoms with E-state index < -0.39 is 30.0 Å². The number of methoxy groups -OCH3 is 1. The van der Waals surface area contributed by atoms with Gasteiger partial charge in [0.2, 0.25) is 0 Å². The largest absolute Gasteiger partial charge is 0.493 e. The van der Waals surface area contributed by atoms with Crippen LogP contribution in [-0.4, -0.2) is 26.2 Å². The Morgan fingerprint density at radius 1 is 1.08 bits per heavy atom. The fraction of sp³-hybridized carbons (Fsp3) is 0.235. The molecule has 0 saturated carbocycles. The van der Waals surface area contributed by atoms with Gasteiger partial charge in [0, 0.05) is 12.1 Å². The molecular formula is C17H14F5NO3. The third kappa shape index (κ3) is 4.84. The Balaban J connectivity index is 2.00. The van der Waals surface area contributed by atoms with E-state index in [1.54, 1.807) is 6.07 Å². The van der Waals surface area contributed by atoms with Gasteiger partial charge in [0.25, 0.3) is 5.91 Å². The normalized spacial score (nSPS) is 10.7. The van der Waals surface area contributed by atoms with Crippen LogP contribution in [0.3, 0.4) is 0 Å². The topological polar surface area (TPSA) is 47.6 Å². The predicted molar refractivity (Wildman–Crippen MR) is 82.0 cm³/mol. The summed E-state index contributed by atoms with van der Waals surface area (Å²) in [6, 6.07) is 5.50. The number of benzene rings is 2. The Labute approximate surface area is 145 Å². The highest BCUT2D eigenvalue weighted by Crippen LogP contribution is 2.29.